The molecule has 1 rings (SSSR count). The molecule has 0 aliphatic heterocycles. The predicted molar refractivity (Wildman–Crippen MR) is 56.5 cm³/mol. The van der Waals surface area contributed by atoms with E-state index in [2.05, 4.69) is 0 Å². The van der Waals surface area contributed by atoms with Crippen LogP contribution in [0.2, 0.25) is 0 Å². The van der Waals surface area contributed by atoms with E-state index in [9.17, 15) is 4.39 Å². The van der Waals surface area contributed by atoms with E-state index in [4.69, 9.17) is 14.8 Å². The van der Waals surface area contributed by atoms with Crippen molar-refractivity contribution in [3.8, 4) is 5.75 Å². The van der Waals surface area contributed by atoms with Crippen molar-refractivity contribution >= 4 is 12.6 Å². The molecule has 0 saturated heterocycles. The first-order valence-electron chi connectivity index (χ1n) is 4.54. The van der Waals surface area contributed by atoms with Gasteiger partial charge in [-0.3, -0.25) is 0 Å². The molecule has 0 heterocycles. The lowest BCUT2D eigenvalue weighted by Gasteiger charge is -2.09. The van der Waals surface area contributed by atoms with Crippen LogP contribution in [-0.4, -0.2) is 23.8 Å². The topological polar surface area (TPSA) is 49.7 Å². The molecular weight excluding hydrogens is 198 g/mol. The first-order valence-corrected chi connectivity index (χ1v) is 4.54. The average molecular weight is 210 g/mol. The van der Waals surface area contributed by atoms with Gasteiger partial charge in [-0.25, -0.2) is 4.39 Å². The highest BCUT2D eigenvalue weighted by Gasteiger charge is 2.17. The van der Waals surface area contributed by atoms with Gasteiger partial charge in [0.1, 0.15) is 18.2 Å². The van der Waals surface area contributed by atoms with Gasteiger partial charge in [-0.1, -0.05) is 18.2 Å². The van der Waals surface area contributed by atoms with E-state index < -0.39 is 12.9 Å². The molecule has 0 amide bonds. The Morgan fingerprint density at radius 3 is 2.80 bits per heavy atom. The van der Waals surface area contributed by atoms with Crippen LogP contribution in [0.3, 0.4) is 0 Å². The molecule has 0 saturated carbocycles. The van der Waals surface area contributed by atoms with Gasteiger partial charge in [-0.15, -0.1) is 0 Å². The number of benzene rings is 1. The third-order valence-corrected chi connectivity index (χ3v) is 1.82. The second-order valence-electron chi connectivity index (χ2n) is 2.94. The van der Waals surface area contributed by atoms with Gasteiger partial charge >= 0.3 is 7.12 Å². The fourth-order valence-corrected chi connectivity index (χ4v) is 1.08. The monoisotopic (exact) mass is 210 g/mol. The van der Waals surface area contributed by atoms with Crippen molar-refractivity contribution < 1.29 is 19.2 Å². The van der Waals surface area contributed by atoms with Gasteiger partial charge in [0.15, 0.2) is 0 Å². The van der Waals surface area contributed by atoms with Crippen LogP contribution in [0, 0.1) is 5.82 Å². The molecule has 0 bridgehead atoms. The molecule has 3 nitrogen and oxygen atoms in total. The van der Waals surface area contributed by atoms with Gasteiger partial charge in [0.25, 0.3) is 0 Å². The first-order chi connectivity index (χ1) is 7.15. The first kappa shape index (κ1) is 11.7. The number of hydrogen-bond acceptors (Lipinski definition) is 3. The van der Waals surface area contributed by atoms with E-state index in [0.29, 0.717) is 0 Å². The maximum Gasteiger partial charge on any atom is 0.492 e. The van der Waals surface area contributed by atoms with Gasteiger partial charge in [-0.2, -0.15) is 0 Å². The van der Waals surface area contributed by atoms with Crippen LogP contribution in [0.1, 0.15) is 6.92 Å². The van der Waals surface area contributed by atoms with Crippen molar-refractivity contribution in [2.75, 3.05) is 6.61 Å². The largest absolute Gasteiger partial charge is 0.492 e. The molecule has 2 N–H and O–H groups in total. The summed E-state index contributed by atoms with van der Waals surface area (Å²) in [7, 11) is -1.66. The Bertz CT molecular complexity index is 353. The zero-order valence-corrected chi connectivity index (χ0v) is 8.35. The molecule has 1 aromatic rings. The molecule has 15 heavy (non-hydrogen) atoms. The number of ether oxygens (including phenoxy) is 1. The summed E-state index contributed by atoms with van der Waals surface area (Å²) in [6.45, 7) is 2.09. The summed E-state index contributed by atoms with van der Waals surface area (Å²) in [6.07, 6.45) is 3.52. The lowest BCUT2D eigenvalue weighted by Crippen LogP contribution is -2.31. The summed E-state index contributed by atoms with van der Waals surface area (Å²) in [6, 6.07) is 3.56. The predicted octanol–water partition coefficient (Wildman–Crippen LogP) is 0.460. The molecule has 0 spiro atoms. The van der Waals surface area contributed by atoms with E-state index in [1.165, 1.54) is 6.07 Å². The Morgan fingerprint density at radius 1 is 1.47 bits per heavy atom. The number of halogens is 1. The minimum Gasteiger partial charge on any atom is -0.490 e. The number of rotatable bonds is 4. The Labute approximate surface area is 88.0 Å². The SMILES string of the molecule is C/C=C/COc1cc(F)ccc1B(O)O. The van der Waals surface area contributed by atoms with Gasteiger partial charge in [-0.05, 0) is 13.0 Å². The highest BCUT2D eigenvalue weighted by atomic mass is 19.1. The van der Waals surface area contributed by atoms with Gasteiger partial charge in [0, 0.05) is 11.5 Å². The van der Waals surface area contributed by atoms with Crippen LogP contribution in [0.25, 0.3) is 0 Å². The van der Waals surface area contributed by atoms with Gasteiger partial charge in [0.2, 0.25) is 0 Å². The summed E-state index contributed by atoms with van der Waals surface area (Å²) in [4.78, 5) is 0. The zero-order valence-electron chi connectivity index (χ0n) is 8.35. The molecule has 0 aromatic heterocycles. The standard InChI is InChI=1S/C10H12BFO3/c1-2-3-6-15-10-7-8(12)4-5-9(10)11(13)14/h2-5,7,13-14H,6H2,1H3/b3-2+. The van der Waals surface area contributed by atoms with Crippen LogP contribution in [0.15, 0.2) is 30.4 Å². The molecule has 0 aliphatic rings. The fourth-order valence-electron chi connectivity index (χ4n) is 1.08. The lowest BCUT2D eigenvalue weighted by molar-refractivity contribution is 0.359. The summed E-state index contributed by atoms with van der Waals surface area (Å²) in [5, 5.41) is 18.0. The van der Waals surface area contributed by atoms with Crippen molar-refractivity contribution in [1.29, 1.82) is 0 Å². The van der Waals surface area contributed by atoms with E-state index in [1.807, 2.05) is 6.92 Å². The minimum absolute atomic E-state index is 0.142. The zero-order chi connectivity index (χ0) is 11.3. The van der Waals surface area contributed by atoms with Crippen LogP contribution < -0.4 is 10.2 Å². The summed E-state index contributed by atoms with van der Waals surface area (Å²) < 4.78 is 18.0. The van der Waals surface area contributed by atoms with Crippen LogP contribution in [-0.2, 0) is 0 Å². The summed E-state index contributed by atoms with van der Waals surface area (Å²) in [5.41, 5.74) is 0.154. The van der Waals surface area contributed by atoms with E-state index in [0.717, 1.165) is 12.1 Å². The maximum atomic E-state index is 12.9. The van der Waals surface area contributed by atoms with Crippen LogP contribution >= 0.6 is 0 Å². The highest BCUT2D eigenvalue weighted by Crippen LogP contribution is 2.10. The van der Waals surface area contributed by atoms with Crippen molar-refractivity contribution in [2.24, 2.45) is 0 Å². The average Bonchev–Trinajstić information content (AvgIpc) is 2.18. The van der Waals surface area contributed by atoms with Gasteiger partial charge in [0.05, 0.1) is 0 Å². The molecule has 0 aliphatic carbocycles. The maximum absolute atomic E-state index is 12.9. The van der Waals surface area contributed by atoms with Gasteiger partial charge < -0.3 is 14.8 Å². The highest BCUT2D eigenvalue weighted by molar-refractivity contribution is 6.59. The number of allylic oxidation sites excluding steroid dienone is 1. The van der Waals surface area contributed by atoms with Crippen molar-refractivity contribution in [3.63, 3.8) is 0 Å². The Kier molecular flexibility index (Phi) is 4.33. The lowest BCUT2D eigenvalue weighted by atomic mass is 9.79. The molecular formula is C10H12BFO3. The van der Waals surface area contributed by atoms with Crippen molar-refractivity contribution in [2.45, 2.75) is 6.92 Å². The summed E-state index contributed by atoms with van der Waals surface area (Å²) in [5.74, 6) is -0.335. The Morgan fingerprint density at radius 2 is 2.20 bits per heavy atom. The molecule has 0 unspecified atom stereocenters. The molecule has 80 valence electrons. The van der Waals surface area contributed by atoms with Crippen molar-refractivity contribution in [1.82, 2.24) is 0 Å². The molecule has 0 radical (unpaired) electrons. The third-order valence-electron chi connectivity index (χ3n) is 1.82. The molecule has 0 fully saturated rings. The van der Waals surface area contributed by atoms with E-state index in [1.54, 1.807) is 12.2 Å². The minimum atomic E-state index is -1.66. The second-order valence-corrected chi connectivity index (χ2v) is 2.94. The smallest absolute Gasteiger partial charge is 0.490 e. The fraction of sp³-hybridized carbons (Fsp3) is 0.200. The van der Waals surface area contributed by atoms with Crippen molar-refractivity contribution in [3.05, 3.63) is 36.2 Å². The van der Waals surface area contributed by atoms with E-state index in [-0.39, 0.29) is 17.8 Å². The molecule has 1 aromatic carbocycles. The number of hydrogen-bond donors (Lipinski definition) is 2. The van der Waals surface area contributed by atoms with Crippen LogP contribution in [0.4, 0.5) is 4.39 Å². The molecule has 5 heteroatoms. The second kappa shape index (κ2) is 5.53. The third kappa shape index (κ3) is 3.38. The van der Waals surface area contributed by atoms with E-state index >= 15 is 0 Å². The normalized spacial score (nSPS) is 10.7. The Balaban J connectivity index is 2.86. The summed E-state index contributed by atoms with van der Waals surface area (Å²) >= 11 is 0. The Hall–Kier alpha value is -1.33. The van der Waals surface area contributed by atoms with Crippen LogP contribution in [0.5, 0.6) is 5.75 Å². The molecule has 0 atom stereocenters. The quantitative estimate of drug-likeness (QED) is 0.560.